The van der Waals surface area contributed by atoms with Crippen LogP contribution in [0.5, 0.6) is 0 Å². The molecule has 5 nitrogen and oxygen atoms in total. The van der Waals surface area contributed by atoms with Gasteiger partial charge < -0.3 is 5.32 Å². The highest BCUT2D eigenvalue weighted by Gasteiger charge is 2.81. The van der Waals surface area contributed by atoms with Gasteiger partial charge in [-0.15, -0.1) is 0 Å². The lowest BCUT2D eigenvalue weighted by molar-refractivity contribution is -0.669. The van der Waals surface area contributed by atoms with Gasteiger partial charge in [-0.1, -0.05) is 67.7 Å². The van der Waals surface area contributed by atoms with Crippen molar-refractivity contribution in [3.8, 4) is 12.1 Å². The quantitative estimate of drug-likeness (QED) is 0.630. The molecule has 28 heavy (non-hydrogen) atoms. The number of benzene rings is 1. The highest BCUT2D eigenvalue weighted by Crippen LogP contribution is 2.64. The Bertz CT molecular complexity index is 905. The number of nitrogens with one attached hydrogen (secondary N) is 1. The van der Waals surface area contributed by atoms with E-state index < -0.39 is 15.0 Å². The van der Waals surface area contributed by atoms with E-state index in [0.717, 1.165) is 28.3 Å². The van der Waals surface area contributed by atoms with Crippen molar-refractivity contribution in [1.29, 1.82) is 10.5 Å². The summed E-state index contributed by atoms with van der Waals surface area (Å²) >= 11 is 3.34. The summed E-state index contributed by atoms with van der Waals surface area (Å²) in [4.78, 5) is 3.47. The minimum atomic E-state index is -1.18. The number of nitrogens with zero attached hydrogens (tertiary/aromatic N) is 2. The number of hydrogen-bond donors (Lipinski definition) is 3. The third kappa shape index (κ3) is 2.40. The van der Waals surface area contributed by atoms with Crippen LogP contribution >= 0.6 is 23.5 Å². The number of nitriles is 2. The second kappa shape index (κ2) is 7.48. The van der Waals surface area contributed by atoms with E-state index in [0.29, 0.717) is 5.84 Å². The van der Waals surface area contributed by atoms with E-state index >= 15 is 0 Å². The van der Waals surface area contributed by atoms with Crippen molar-refractivity contribution in [2.75, 3.05) is 11.5 Å². The molecule has 3 rings (SSSR count). The molecule has 0 radical (unpaired) electrons. The predicted molar refractivity (Wildman–Crippen MR) is 115 cm³/mol. The number of rotatable bonds is 5. The number of quaternary nitrogens is 1. The van der Waals surface area contributed by atoms with E-state index in [1.54, 1.807) is 23.5 Å². The van der Waals surface area contributed by atoms with Gasteiger partial charge in [-0.05, 0) is 18.4 Å². The Labute approximate surface area is 175 Å². The molecule has 0 spiro atoms. The zero-order chi connectivity index (χ0) is 20.6. The van der Waals surface area contributed by atoms with Crippen LogP contribution in [0.4, 0.5) is 0 Å². The second-order valence-corrected chi connectivity index (χ2v) is 10.4. The Morgan fingerprint density at radius 3 is 2.21 bits per heavy atom. The SMILES string of the molecule is CCSC1(SCC)[NH+]=C(N)[C@@]2(C#N)[C@H](c3ccccc3)[NH2+]C(C)=C(C)[C@]12C#N. The van der Waals surface area contributed by atoms with Crippen LogP contribution in [0.3, 0.4) is 0 Å². The summed E-state index contributed by atoms with van der Waals surface area (Å²) in [5, 5.41) is 23.5. The van der Waals surface area contributed by atoms with Gasteiger partial charge >= 0.3 is 0 Å². The van der Waals surface area contributed by atoms with Crippen LogP contribution in [0, 0.1) is 33.5 Å². The van der Waals surface area contributed by atoms with Gasteiger partial charge in [0.1, 0.15) is 11.7 Å². The first-order valence-corrected chi connectivity index (χ1v) is 11.5. The molecular weight excluding hydrogens is 386 g/mol. The molecule has 0 saturated heterocycles. The molecule has 2 heterocycles. The Morgan fingerprint density at radius 2 is 1.71 bits per heavy atom. The average molecular weight is 414 g/mol. The zero-order valence-electron chi connectivity index (χ0n) is 16.7. The standard InChI is InChI=1S/C21H25N5S2/c1-5-27-21(28-6-2)20(13-23)14(3)15(4)25-17(16-10-8-7-9-11-16)19(20,12-22)18(24)26-21/h7-11,17,25H,5-6H2,1-4H3,(H2,24,26)/p+2/t17-,19+,20-/m0/s1. The molecule has 7 heteroatoms. The maximum absolute atomic E-state index is 10.7. The van der Waals surface area contributed by atoms with Crippen molar-refractivity contribution in [3.63, 3.8) is 0 Å². The topological polar surface area (TPSA) is 104 Å². The molecule has 146 valence electrons. The summed E-state index contributed by atoms with van der Waals surface area (Å²) in [7, 11) is 0. The first-order valence-electron chi connectivity index (χ1n) is 9.50. The fraction of sp³-hybridized carbons (Fsp3) is 0.476. The highest BCUT2D eigenvalue weighted by atomic mass is 32.2. The smallest absolute Gasteiger partial charge is 0.272 e. The number of hydrogen-bond acceptors (Lipinski definition) is 5. The predicted octanol–water partition coefficient (Wildman–Crippen LogP) is 1.23. The first-order chi connectivity index (χ1) is 13.4. The summed E-state index contributed by atoms with van der Waals surface area (Å²) in [5.41, 5.74) is 7.34. The third-order valence-corrected chi connectivity index (χ3v) is 8.96. The minimum absolute atomic E-state index is 0.300. The molecule has 3 atom stereocenters. The van der Waals surface area contributed by atoms with Crippen molar-refractivity contribution >= 4 is 29.4 Å². The van der Waals surface area contributed by atoms with Gasteiger partial charge in [-0.25, -0.2) is 0 Å². The lowest BCUT2D eigenvalue weighted by atomic mass is 9.55. The lowest BCUT2D eigenvalue weighted by Gasteiger charge is -2.47. The molecule has 2 aliphatic heterocycles. The van der Waals surface area contributed by atoms with E-state index in [4.69, 9.17) is 5.73 Å². The lowest BCUT2D eigenvalue weighted by Crippen LogP contribution is -2.90. The average Bonchev–Trinajstić information content (AvgIpc) is 2.91. The molecule has 0 unspecified atom stereocenters. The fourth-order valence-corrected chi connectivity index (χ4v) is 8.14. The molecule has 0 saturated carbocycles. The molecular formula is C21H27N5S2+2. The Kier molecular flexibility index (Phi) is 5.55. The van der Waals surface area contributed by atoms with Gasteiger partial charge in [0.25, 0.3) is 5.84 Å². The summed E-state index contributed by atoms with van der Waals surface area (Å²) < 4.78 is -0.711. The monoisotopic (exact) mass is 413 g/mol. The van der Waals surface area contributed by atoms with Crippen molar-refractivity contribution in [3.05, 3.63) is 47.2 Å². The molecule has 1 aromatic rings. The van der Waals surface area contributed by atoms with Gasteiger partial charge in [0.15, 0.2) is 5.41 Å². The minimum Gasteiger partial charge on any atom is -0.310 e. The van der Waals surface area contributed by atoms with Gasteiger partial charge in [0.05, 0.1) is 12.1 Å². The third-order valence-electron chi connectivity index (χ3n) is 6.04. The van der Waals surface area contributed by atoms with Gasteiger partial charge in [-0.2, -0.15) is 10.5 Å². The molecule has 0 aromatic heterocycles. The van der Waals surface area contributed by atoms with Crippen molar-refractivity contribution < 1.29 is 10.3 Å². The van der Waals surface area contributed by atoms with Gasteiger partial charge in [-0.3, -0.25) is 10.7 Å². The Balaban J connectivity index is 2.42. The number of fused-ring (bicyclic) bond motifs is 1. The molecule has 0 aliphatic carbocycles. The number of thioether (sulfide) groups is 2. The second-order valence-electron chi connectivity index (χ2n) is 7.17. The van der Waals surface area contributed by atoms with Crippen molar-refractivity contribution in [2.24, 2.45) is 16.6 Å². The van der Waals surface area contributed by atoms with Crippen LogP contribution in [0.25, 0.3) is 0 Å². The molecule has 1 aromatic carbocycles. The molecule has 0 bridgehead atoms. The maximum Gasteiger partial charge on any atom is 0.272 e. The van der Waals surface area contributed by atoms with E-state index in [1.807, 2.05) is 44.2 Å². The first kappa shape index (κ1) is 20.8. The normalized spacial score (nSPS) is 30.9. The van der Waals surface area contributed by atoms with Crippen LogP contribution in [-0.2, 0) is 0 Å². The summed E-state index contributed by atoms with van der Waals surface area (Å²) in [6, 6.07) is 14.8. The van der Waals surface area contributed by atoms with Crippen molar-refractivity contribution in [1.82, 2.24) is 0 Å². The van der Waals surface area contributed by atoms with E-state index in [-0.39, 0.29) is 6.04 Å². The fourth-order valence-electron chi connectivity index (χ4n) is 4.77. The van der Waals surface area contributed by atoms with Crippen LogP contribution in [0.2, 0.25) is 0 Å². The van der Waals surface area contributed by atoms with Crippen LogP contribution in [0.1, 0.15) is 39.3 Å². The van der Waals surface area contributed by atoms with E-state index in [9.17, 15) is 10.5 Å². The van der Waals surface area contributed by atoms with E-state index in [2.05, 4.69) is 36.3 Å². The van der Waals surface area contributed by atoms with Crippen LogP contribution in [-0.4, -0.2) is 21.5 Å². The van der Waals surface area contributed by atoms with Crippen molar-refractivity contribution in [2.45, 2.75) is 37.9 Å². The number of nitrogens with two attached hydrogens (primary N) is 2. The number of allylic oxidation sites excluding steroid dienone is 1. The zero-order valence-corrected chi connectivity index (χ0v) is 18.4. The Hall–Kier alpha value is -1.93. The summed E-state index contributed by atoms with van der Waals surface area (Å²) in [6.07, 6.45) is 0. The summed E-state index contributed by atoms with van der Waals surface area (Å²) in [5.74, 6) is 2.02. The molecule has 0 amide bonds. The molecule has 2 aliphatic rings. The maximum atomic E-state index is 10.7. The summed E-state index contributed by atoms with van der Waals surface area (Å²) in [6.45, 7) is 8.18. The molecule has 5 N–H and O–H groups in total. The Morgan fingerprint density at radius 1 is 1.11 bits per heavy atom. The number of amidine groups is 1. The van der Waals surface area contributed by atoms with Gasteiger partial charge in [0, 0.05) is 18.1 Å². The van der Waals surface area contributed by atoms with Crippen LogP contribution in [0.15, 0.2) is 41.6 Å². The largest absolute Gasteiger partial charge is 0.310 e. The molecule has 0 fully saturated rings. The van der Waals surface area contributed by atoms with Crippen LogP contribution < -0.4 is 16.0 Å². The van der Waals surface area contributed by atoms with Gasteiger partial charge in [0.2, 0.25) is 9.62 Å². The highest BCUT2D eigenvalue weighted by molar-refractivity contribution is 8.17. The van der Waals surface area contributed by atoms with E-state index in [1.165, 1.54) is 0 Å².